The summed E-state index contributed by atoms with van der Waals surface area (Å²) in [6, 6.07) is 0. The average Bonchev–Trinajstić information content (AvgIpc) is 3.46. The van der Waals surface area contributed by atoms with Gasteiger partial charge in [0.2, 0.25) is 0 Å². The number of fused-ring (bicyclic) bond motifs is 5. The number of carbonyl (C=O) groups excluding carboxylic acids is 2. The van der Waals surface area contributed by atoms with Crippen LogP contribution in [0.15, 0.2) is 11.6 Å². The molecule has 1 saturated heterocycles. The van der Waals surface area contributed by atoms with E-state index in [9.17, 15) is 40.2 Å². The quantitative estimate of drug-likeness (QED) is 0.149. The van der Waals surface area contributed by atoms with Crippen LogP contribution in [0.1, 0.15) is 65.2 Å². The largest absolute Gasteiger partial charge is 0.458 e. The molecule has 2 unspecified atom stereocenters. The Morgan fingerprint density at radius 2 is 1.75 bits per heavy atom. The summed E-state index contributed by atoms with van der Waals surface area (Å²) in [6.07, 6.45) is -2.70. The van der Waals surface area contributed by atoms with Crippen molar-refractivity contribution in [2.75, 3.05) is 6.61 Å². The number of rotatable bonds is 4. The second-order valence-electron chi connectivity index (χ2n) is 13.5. The third kappa shape index (κ3) is 3.71. The molecule has 40 heavy (non-hydrogen) atoms. The average molecular weight is 567 g/mol. The van der Waals surface area contributed by atoms with Crippen LogP contribution in [0, 0.1) is 28.6 Å². The van der Waals surface area contributed by atoms with E-state index in [4.69, 9.17) is 14.2 Å². The summed E-state index contributed by atoms with van der Waals surface area (Å²) < 4.78 is 16.8. The van der Waals surface area contributed by atoms with Crippen LogP contribution in [0.25, 0.3) is 0 Å². The fraction of sp³-hybridized carbons (Fsp3) is 0.862. The van der Waals surface area contributed by atoms with E-state index in [0.29, 0.717) is 25.7 Å². The predicted octanol–water partition coefficient (Wildman–Crippen LogP) is -0.279. The highest BCUT2D eigenvalue weighted by Gasteiger charge is 2.74. The van der Waals surface area contributed by atoms with Crippen LogP contribution in [0.2, 0.25) is 0 Å². The molecule has 0 aromatic carbocycles. The first kappa shape index (κ1) is 28.7. The Bertz CT molecular complexity index is 1080. The van der Waals surface area contributed by atoms with E-state index < -0.39 is 76.8 Å². The van der Waals surface area contributed by atoms with Crippen molar-refractivity contribution in [2.24, 2.45) is 28.6 Å². The van der Waals surface area contributed by atoms with Crippen molar-refractivity contribution in [1.82, 2.24) is 0 Å². The van der Waals surface area contributed by atoms with E-state index in [1.807, 2.05) is 6.92 Å². The number of hydrogen-bond donors (Lipinski definition) is 6. The van der Waals surface area contributed by atoms with E-state index >= 15 is 0 Å². The molecule has 6 rings (SSSR count). The molecule has 14 atom stereocenters. The van der Waals surface area contributed by atoms with Crippen molar-refractivity contribution in [3.63, 3.8) is 0 Å². The predicted molar refractivity (Wildman–Crippen MR) is 136 cm³/mol. The number of carbonyl (C=O) groups is 2. The molecule has 5 fully saturated rings. The first-order chi connectivity index (χ1) is 18.8. The first-order valence-corrected chi connectivity index (χ1v) is 14.6. The Hall–Kier alpha value is -1.44. The molecule has 6 N–H and O–H groups in total. The number of aliphatic hydroxyl groups is 6. The molecule has 224 valence electrons. The minimum atomic E-state index is -1.47. The summed E-state index contributed by atoms with van der Waals surface area (Å²) >= 11 is 0. The van der Waals surface area contributed by atoms with Crippen molar-refractivity contribution < 1.29 is 54.4 Å². The summed E-state index contributed by atoms with van der Waals surface area (Å²) in [5.41, 5.74) is -4.09. The lowest BCUT2D eigenvalue weighted by Crippen LogP contribution is -2.71. The second kappa shape index (κ2) is 9.54. The summed E-state index contributed by atoms with van der Waals surface area (Å²) in [6.45, 7) is 3.61. The Labute approximate surface area is 233 Å². The van der Waals surface area contributed by atoms with Crippen LogP contribution in [-0.2, 0) is 23.8 Å². The summed E-state index contributed by atoms with van der Waals surface area (Å²) in [4.78, 5) is 24.8. The van der Waals surface area contributed by atoms with Crippen molar-refractivity contribution in [3.05, 3.63) is 11.6 Å². The maximum absolute atomic E-state index is 13.0. The normalized spacial score (nSPS) is 56.0. The monoisotopic (exact) mass is 566 g/mol. The zero-order valence-electron chi connectivity index (χ0n) is 23.0. The van der Waals surface area contributed by atoms with Gasteiger partial charge in [-0.15, -0.1) is 0 Å². The molecule has 0 aromatic rings. The van der Waals surface area contributed by atoms with E-state index in [1.54, 1.807) is 6.92 Å². The smallest absolute Gasteiger partial charge is 0.331 e. The van der Waals surface area contributed by atoms with Gasteiger partial charge in [0.1, 0.15) is 31.2 Å². The van der Waals surface area contributed by atoms with E-state index in [-0.39, 0.29) is 44.1 Å². The standard InChI is InChI=1S/C29H42O11/c1-14-22(33)23(34)24(35)25(39-14)40-16-3-6-27(13-30)19-10-20(31)26(2)17(15-9-21(32)38-12-15)5-8-29(26,37)18(19)4-7-28(27,36)11-16/h9,13-14,16-20,22-25,31,33-37H,3-8,10-12H2,1-2H3/t14-,16-,17+,18?,19?,20+,22-,23+,24+,25-,26-,27-,28-,29-/m0/s1. The highest BCUT2D eigenvalue weighted by Crippen LogP contribution is 2.70. The Kier molecular flexibility index (Phi) is 6.83. The lowest BCUT2D eigenvalue weighted by atomic mass is 9.41. The van der Waals surface area contributed by atoms with Gasteiger partial charge >= 0.3 is 5.97 Å². The summed E-state index contributed by atoms with van der Waals surface area (Å²) in [5.74, 6) is -1.42. The number of ether oxygens (including phenoxy) is 3. The van der Waals surface area contributed by atoms with Crippen molar-refractivity contribution in [3.8, 4) is 0 Å². The van der Waals surface area contributed by atoms with Crippen LogP contribution in [-0.4, -0.2) is 104 Å². The molecule has 0 bridgehead atoms. The van der Waals surface area contributed by atoms with Gasteiger partial charge < -0.3 is 49.6 Å². The van der Waals surface area contributed by atoms with Crippen LogP contribution in [0.4, 0.5) is 0 Å². The highest BCUT2D eigenvalue weighted by atomic mass is 16.7. The van der Waals surface area contributed by atoms with Gasteiger partial charge in [-0.3, -0.25) is 0 Å². The number of aldehydes is 1. The molecule has 11 heteroatoms. The van der Waals surface area contributed by atoms with Crippen LogP contribution >= 0.6 is 0 Å². The maximum Gasteiger partial charge on any atom is 0.331 e. The molecule has 11 nitrogen and oxygen atoms in total. The fourth-order valence-corrected chi connectivity index (χ4v) is 9.74. The molecular formula is C29H42O11. The van der Waals surface area contributed by atoms with Crippen molar-refractivity contribution >= 4 is 12.3 Å². The molecule has 6 aliphatic rings. The van der Waals surface area contributed by atoms with E-state index in [1.165, 1.54) is 6.08 Å². The Morgan fingerprint density at radius 3 is 2.42 bits per heavy atom. The topological polar surface area (TPSA) is 183 Å². The molecule has 0 spiro atoms. The Balaban J connectivity index is 1.25. The van der Waals surface area contributed by atoms with Gasteiger partial charge in [0.05, 0.1) is 34.9 Å². The van der Waals surface area contributed by atoms with E-state index in [2.05, 4.69) is 0 Å². The molecule has 4 saturated carbocycles. The number of cyclic esters (lactones) is 1. The SMILES string of the molecule is C[C@@H]1O[C@@H](O[C@H]2CC[C@]3(C=O)C4C[C@@H](O)[C@]5(C)[C@@H](C6=CC(=O)OC6)CC[C@]5(O)C4CC[C@]3(O)C2)[C@H](O)[C@H](O)[C@H]1O. The lowest BCUT2D eigenvalue weighted by Gasteiger charge is -2.66. The first-order valence-electron chi connectivity index (χ1n) is 14.6. The number of esters is 1. The molecule has 4 aliphatic carbocycles. The van der Waals surface area contributed by atoms with E-state index in [0.717, 1.165) is 11.9 Å². The highest BCUT2D eigenvalue weighted by molar-refractivity contribution is 5.85. The fourth-order valence-electron chi connectivity index (χ4n) is 9.74. The summed E-state index contributed by atoms with van der Waals surface area (Å²) in [5, 5.41) is 66.7. The van der Waals surface area contributed by atoms with Gasteiger partial charge in [-0.2, -0.15) is 0 Å². The van der Waals surface area contributed by atoms with Gasteiger partial charge in [-0.25, -0.2) is 4.79 Å². The van der Waals surface area contributed by atoms with Crippen LogP contribution < -0.4 is 0 Å². The minimum absolute atomic E-state index is 0.0926. The third-order valence-electron chi connectivity index (χ3n) is 12.1. The van der Waals surface area contributed by atoms with Crippen LogP contribution in [0.3, 0.4) is 0 Å². The lowest BCUT2D eigenvalue weighted by molar-refractivity contribution is -0.319. The van der Waals surface area contributed by atoms with Crippen molar-refractivity contribution in [1.29, 1.82) is 0 Å². The van der Waals surface area contributed by atoms with Gasteiger partial charge in [0.25, 0.3) is 0 Å². The van der Waals surface area contributed by atoms with Crippen molar-refractivity contribution in [2.45, 2.75) is 119 Å². The van der Waals surface area contributed by atoms with Gasteiger partial charge in [0.15, 0.2) is 6.29 Å². The van der Waals surface area contributed by atoms with Gasteiger partial charge in [-0.1, -0.05) is 6.92 Å². The zero-order chi connectivity index (χ0) is 28.8. The molecule has 0 radical (unpaired) electrons. The molecule has 0 amide bonds. The zero-order valence-corrected chi connectivity index (χ0v) is 23.0. The maximum atomic E-state index is 13.0. The Morgan fingerprint density at radius 1 is 1.00 bits per heavy atom. The third-order valence-corrected chi connectivity index (χ3v) is 12.1. The van der Waals surface area contributed by atoms with Gasteiger partial charge in [-0.05, 0) is 75.2 Å². The van der Waals surface area contributed by atoms with Gasteiger partial charge in [0, 0.05) is 17.9 Å². The molecule has 2 heterocycles. The molecular weight excluding hydrogens is 524 g/mol. The number of hydrogen-bond acceptors (Lipinski definition) is 11. The van der Waals surface area contributed by atoms with Crippen LogP contribution in [0.5, 0.6) is 0 Å². The number of aliphatic hydroxyl groups excluding tert-OH is 4. The summed E-state index contributed by atoms with van der Waals surface area (Å²) in [7, 11) is 0. The minimum Gasteiger partial charge on any atom is -0.458 e. The molecule has 2 aliphatic heterocycles. The second-order valence-corrected chi connectivity index (χ2v) is 13.5. The molecule has 0 aromatic heterocycles.